The predicted molar refractivity (Wildman–Crippen MR) is 127 cm³/mol. The van der Waals surface area contributed by atoms with Crippen molar-refractivity contribution in [2.75, 3.05) is 5.01 Å². The van der Waals surface area contributed by atoms with Crippen molar-refractivity contribution in [3.8, 4) is 5.75 Å². The molecule has 1 aliphatic rings. The van der Waals surface area contributed by atoms with E-state index in [1.54, 1.807) is 12.1 Å². The smallest absolute Gasteiger partial charge is 0.280 e. The number of carbonyl (C=O) groups excluding carboxylic acids is 1. The Morgan fingerprint density at radius 2 is 1.54 bits per heavy atom. The van der Waals surface area contributed by atoms with Gasteiger partial charge in [0.25, 0.3) is 5.91 Å². The van der Waals surface area contributed by atoms with Crippen LogP contribution >= 0.6 is 31.9 Å². The van der Waals surface area contributed by atoms with Crippen LogP contribution in [-0.4, -0.2) is 11.6 Å². The first-order valence-electron chi connectivity index (χ1n) is 9.89. The Kier molecular flexibility index (Phi) is 7.09. The van der Waals surface area contributed by atoms with Crippen LogP contribution in [0.3, 0.4) is 0 Å². The molecule has 0 unspecified atom stereocenters. The second-order valence-corrected chi connectivity index (χ2v) is 9.13. The average Bonchev–Trinajstić information content (AvgIpc) is 3.09. The standard InChI is InChI=1S/C24H13Br2F5N2O2/c1-11-15(24(34)33(32-11)22-20(30)18(28)17(27)19(29)21(22)31)8-13-7-14(25)9-16(26)23(13)35-10-12-5-3-2-4-6-12/h2-9H,10H2,1H3/b15-8-. The lowest BCUT2D eigenvalue weighted by atomic mass is 10.1. The van der Waals surface area contributed by atoms with Gasteiger partial charge in [0.1, 0.15) is 18.0 Å². The lowest BCUT2D eigenvalue weighted by Crippen LogP contribution is -2.25. The molecule has 0 radical (unpaired) electrons. The Bertz CT molecular complexity index is 1380. The van der Waals surface area contributed by atoms with Crippen molar-refractivity contribution in [3.63, 3.8) is 0 Å². The molecule has 0 saturated carbocycles. The highest BCUT2D eigenvalue weighted by molar-refractivity contribution is 9.11. The van der Waals surface area contributed by atoms with E-state index in [1.807, 2.05) is 30.3 Å². The molecule has 3 aromatic rings. The minimum atomic E-state index is -2.33. The second kappa shape index (κ2) is 9.90. The van der Waals surface area contributed by atoms with Crippen molar-refractivity contribution in [3.05, 3.63) is 97.2 Å². The Hall–Kier alpha value is -3.05. The zero-order valence-electron chi connectivity index (χ0n) is 17.7. The van der Waals surface area contributed by atoms with Gasteiger partial charge in [0.05, 0.1) is 15.8 Å². The summed E-state index contributed by atoms with van der Waals surface area (Å²) in [4.78, 5) is 13.0. The van der Waals surface area contributed by atoms with Gasteiger partial charge in [-0.15, -0.1) is 0 Å². The predicted octanol–water partition coefficient (Wildman–Crippen LogP) is 7.29. The van der Waals surface area contributed by atoms with Crippen molar-refractivity contribution in [2.24, 2.45) is 5.10 Å². The van der Waals surface area contributed by atoms with Gasteiger partial charge in [-0.2, -0.15) is 10.1 Å². The van der Waals surface area contributed by atoms with Crippen LogP contribution in [-0.2, 0) is 11.4 Å². The number of anilines is 1. The molecule has 35 heavy (non-hydrogen) atoms. The van der Waals surface area contributed by atoms with Crippen molar-refractivity contribution < 1.29 is 31.5 Å². The number of benzene rings is 3. The number of halogens is 7. The number of amides is 1. The van der Waals surface area contributed by atoms with E-state index in [2.05, 4.69) is 37.0 Å². The number of ether oxygens (including phenoxy) is 1. The fraction of sp³-hybridized carbons (Fsp3) is 0.0833. The maximum Gasteiger partial charge on any atom is 0.280 e. The number of hydrogen-bond acceptors (Lipinski definition) is 3. The van der Waals surface area contributed by atoms with Crippen LogP contribution in [0.4, 0.5) is 27.6 Å². The highest BCUT2D eigenvalue weighted by atomic mass is 79.9. The summed E-state index contributed by atoms with van der Waals surface area (Å²) in [7, 11) is 0. The molecule has 4 nitrogen and oxygen atoms in total. The molecule has 11 heteroatoms. The van der Waals surface area contributed by atoms with Crippen LogP contribution in [0.5, 0.6) is 5.75 Å². The van der Waals surface area contributed by atoms with Crippen molar-refractivity contribution in [2.45, 2.75) is 13.5 Å². The molecule has 1 amide bonds. The average molecular weight is 616 g/mol. The van der Waals surface area contributed by atoms with Crippen LogP contribution in [0.2, 0.25) is 0 Å². The number of nitrogens with zero attached hydrogens (tertiary/aromatic N) is 2. The minimum Gasteiger partial charge on any atom is -0.487 e. The van der Waals surface area contributed by atoms with Crippen LogP contribution in [0, 0.1) is 29.1 Å². The van der Waals surface area contributed by atoms with Crippen LogP contribution in [0.15, 0.2) is 62.1 Å². The van der Waals surface area contributed by atoms with E-state index in [1.165, 1.54) is 13.0 Å². The van der Waals surface area contributed by atoms with Gasteiger partial charge in [-0.05, 0) is 46.6 Å². The van der Waals surface area contributed by atoms with Gasteiger partial charge >= 0.3 is 0 Å². The molecule has 1 heterocycles. The molecule has 3 aromatic carbocycles. The summed E-state index contributed by atoms with van der Waals surface area (Å²) < 4.78 is 76.6. The van der Waals surface area contributed by atoms with E-state index < -0.39 is 40.7 Å². The maximum atomic E-state index is 14.3. The third kappa shape index (κ3) is 4.74. The summed E-state index contributed by atoms with van der Waals surface area (Å²) in [5.74, 6) is -11.7. The molecule has 0 spiro atoms. The molecule has 0 N–H and O–H groups in total. The third-order valence-corrected chi connectivity index (χ3v) is 6.07. The van der Waals surface area contributed by atoms with E-state index in [0.29, 0.717) is 20.3 Å². The van der Waals surface area contributed by atoms with Crippen molar-refractivity contribution in [1.29, 1.82) is 0 Å². The molecular weight excluding hydrogens is 603 g/mol. The van der Waals surface area contributed by atoms with Gasteiger partial charge in [-0.3, -0.25) is 4.79 Å². The highest BCUT2D eigenvalue weighted by Crippen LogP contribution is 2.37. The lowest BCUT2D eigenvalue weighted by molar-refractivity contribution is -0.114. The molecule has 0 bridgehead atoms. The number of rotatable bonds is 5. The summed E-state index contributed by atoms with van der Waals surface area (Å²) in [6.07, 6.45) is 1.36. The number of hydrogen-bond donors (Lipinski definition) is 0. The van der Waals surface area contributed by atoms with E-state index in [0.717, 1.165) is 5.56 Å². The summed E-state index contributed by atoms with van der Waals surface area (Å²) in [5, 5.41) is 3.91. The van der Waals surface area contributed by atoms with E-state index in [4.69, 9.17) is 4.74 Å². The molecule has 0 atom stereocenters. The van der Waals surface area contributed by atoms with Gasteiger partial charge in [0.15, 0.2) is 23.3 Å². The summed E-state index contributed by atoms with van der Waals surface area (Å²) in [6.45, 7) is 1.57. The summed E-state index contributed by atoms with van der Waals surface area (Å²) in [5.41, 5.74) is -0.287. The van der Waals surface area contributed by atoms with E-state index in [9.17, 15) is 26.7 Å². The lowest BCUT2D eigenvalue weighted by Gasteiger charge is -2.15. The molecular formula is C24H13Br2F5N2O2. The summed E-state index contributed by atoms with van der Waals surface area (Å²) >= 11 is 6.77. The first-order chi connectivity index (χ1) is 16.6. The van der Waals surface area contributed by atoms with Gasteiger partial charge in [-0.25, -0.2) is 22.0 Å². The third-order valence-electron chi connectivity index (χ3n) is 5.02. The molecule has 0 fully saturated rings. The SMILES string of the molecule is CC1=NN(c2c(F)c(F)c(F)c(F)c2F)C(=O)/C1=C\c1cc(Br)cc(Br)c1OCc1ccccc1. The van der Waals surface area contributed by atoms with Gasteiger partial charge in [-0.1, -0.05) is 46.3 Å². The number of hydrazone groups is 1. The fourth-order valence-electron chi connectivity index (χ4n) is 3.34. The molecule has 0 aromatic heterocycles. The first-order valence-corrected chi connectivity index (χ1v) is 11.5. The molecule has 4 rings (SSSR count). The summed E-state index contributed by atoms with van der Waals surface area (Å²) in [6, 6.07) is 12.7. The Labute approximate surface area is 213 Å². The van der Waals surface area contributed by atoms with Crippen LogP contribution in [0.25, 0.3) is 6.08 Å². The quantitative estimate of drug-likeness (QED) is 0.131. The normalized spacial score (nSPS) is 14.6. The minimum absolute atomic E-state index is 0.00375. The van der Waals surface area contributed by atoms with Crippen LogP contribution in [0.1, 0.15) is 18.1 Å². The largest absolute Gasteiger partial charge is 0.487 e. The molecule has 180 valence electrons. The zero-order chi connectivity index (χ0) is 25.4. The highest BCUT2D eigenvalue weighted by Gasteiger charge is 2.37. The Morgan fingerprint density at radius 1 is 0.943 bits per heavy atom. The first kappa shape index (κ1) is 25.1. The zero-order valence-corrected chi connectivity index (χ0v) is 20.9. The second-order valence-electron chi connectivity index (χ2n) is 7.36. The number of carbonyl (C=O) groups is 1. The Morgan fingerprint density at radius 3 is 2.17 bits per heavy atom. The van der Waals surface area contributed by atoms with Gasteiger partial charge in [0.2, 0.25) is 5.82 Å². The molecule has 0 saturated heterocycles. The van der Waals surface area contributed by atoms with E-state index in [-0.39, 0.29) is 22.9 Å². The molecule has 0 aliphatic carbocycles. The molecule has 1 aliphatic heterocycles. The Balaban J connectivity index is 1.74. The monoisotopic (exact) mass is 614 g/mol. The topological polar surface area (TPSA) is 41.9 Å². The van der Waals surface area contributed by atoms with Crippen LogP contribution < -0.4 is 9.75 Å². The van der Waals surface area contributed by atoms with Gasteiger partial charge in [0, 0.05) is 10.0 Å². The fourth-order valence-corrected chi connectivity index (χ4v) is 4.71. The maximum absolute atomic E-state index is 14.3. The van der Waals surface area contributed by atoms with Crippen molar-refractivity contribution >= 4 is 55.2 Å². The van der Waals surface area contributed by atoms with Crippen molar-refractivity contribution in [1.82, 2.24) is 0 Å². The van der Waals surface area contributed by atoms with Gasteiger partial charge < -0.3 is 4.74 Å². The van der Waals surface area contributed by atoms with E-state index >= 15 is 0 Å².